The molecule has 4 nitrogen and oxygen atoms in total. The lowest BCUT2D eigenvalue weighted by molar-refractivity contribution is 0.391. The van der Waals surface area contributed by atoms with E-state index in [1.165, 1.54) is 12.8 Å². The average Bonchev–Trinajstić information content (AvgIpc) is 3.05. The van der Waals surface area contributed by atoms with Crippen LogP contribution in [0, 0.1) is 5.92 Å². The summed E-state index contributed by atoms with van der Waals surface area (Å²) in [5.41, 5.74) is 7.91. The summed E-state index contributed by atoms with van der Waals surface area (Å²) >= 11 is 0. The molecule has 16 heavy (non-hydrogen) atoms. The summed E-state index contributed by atoms with van der Waals surface area (Å²) in [5.74, 6) is 1.52. The van der Waals surface area contributed by atoms with Crippen molar-refractivity contribution < 1.29 is 0 Å². The lowest BCUT2D eigenvalue weighted by Gasteiger charge is -2.23. The fourth-order valence-electron chi connectivity index (χ4n) is 2.37. The minimum Gasteiger partial charge on any atom is -0.328 e. The third-order valence-corrected chi connectivity index (χ3v) is 3.56. The van der Waals surface area contributed by atoms with Crippen LogP contribution in [0.3, 0.4) is 0 Å². The number of nitrogens with two attached hydrogens (primary N) is 1. The number of aryl methyl sites for hydroxylation is 1. The normalized spacial score (nSPS) is 19.9. The van der Waals surface area contributed by atoms with Crippen molar-refractivity contribution in [3.8, 4) is 0 Å². The molecule has 4 heteroatoms. The molecule has 0 aromatic carbocycles. The summed E-state index contributed by atoms with van der Waals surface area (Å²) in [5, 5.41) is 0. The van der Waals surface area contributed by atoms with E-state index in [9.17, 15) is 0 Å². The van der Waals surface area contributed by atoms with Gasteiger partial charge in [0.2, 0.25) is 0 Å². The lowest BCUT2D eigenvalue weighted by Crippen LogP contribution is -2.38. The molecule has 3 rings (SSSR count). The molecular formula is C12H16N4. The summed E-state index contributed by atoms with van der Waals surface area (Å²) in [6, 6.07) is 3.96. The molecule has 2 aromatic heterocycles. The van der Waals surface area contributed by atoms with Crippen LogP contribution in [-0.2, 0) is 12.6 Å². The maximum atomic E-state index is 6.40. The summed E-state index contributed by atoms with van der Waals surface area (Å²) in [7, 11) is 2.01. The van der Waals surface area contributed by atoms with Crippen molar-refractivity contribution in [3.63, 3.8) is 0 Å². The van der Waals surface area contributed by atoms with E-state index in [-0.39, 0.29) is 5.54 Å². The quantitative estimate of drug-likeness (QED) is 0.828. The Morgan fingerprint density at radius 1 is 1.50 bits per heavy atom. The summed E-state index contributed by atoms with van der Waals surface area (Å²) in [6.45, 7) is 2.08. The van der Waals surface area contributed by atoms with Gasteiger partial charge < -0.3 is 10.3 Å². The van der Waals surface area contributed by atoms with Crippen LogP contribution in [0.5, 0.6) is 0 Å². The molecule has 1 aliphatic carbocycles. The van der Waals surface area contributed by atoms with E-state index in [0.29, 0.717) is 5.92 Å². The topological polar surface area (TPSA) is 56.7 Å². The standard InChI is InChI=1S/C12H16N4/c1-12(13,8-5-6-8)11-15-10-9(16(11)2)4-3-7-14-10/h3-4,7-8H,5-6,13H2,1-2H3. The van der Waals surface area contributed by atoms with Crippen LogP contribution in [0.15, 0.2) is 18.3 Å². The van der Waals surface area contributed by atoms with E-state index in [1.807, 2.05) is 19.2 Å². The van der Waals surface area contributed by atoms with Gasteiger partial charge in [0.1, 0.15) is 5.82 Å². The second-order valence-corrected chi connectivity index (χ2v) is 4.90. The van der Waals surface area contributed by atoms with Crippen LogP contribution < -0.4 is 5.73 Å². The molecule has 0 spiro atoms. The Morgan fingerprint density at radius 2 is 2.25 bits per heavy atom. The Labute approximate surface area is 94.5 Å². The molecule has 0 amide bonds. The zero-order valence-electron chi connectivity index (χ0n) is 9.64. The predicted octanol–water partition coefficient (Wildman–Crippen LogP) is 1.55. The monoisotopic (exact) mass is 216 g/mol. The molecule has 2 N–H and O–H groups in total. The van der Waals surface area contributed by atoms with E-state index in [4.69, 9.17) is 5.73 Å². The van der Waals surface area contributed by atoms with Gasteiger partial charge in [-0.1, -0.05) is 0 Å². The molecule has 1 fully saturated rings. The van der Waals surface area contributed by atoms with Crippen LogP contribution in [0.4, 0.5) is 0 Å². The molecule has 2 aromatic rings. The van der Waals surface area contributed by atoms with Crippen LogP contribution >= 0.6 is 0 Å². The van der Waals surface area contributed by atoms with Gasteiger partial charge in [-0.25, -0.2) is 9.97 Å². The lowest BCUT2D eigenvalue weighted by atomic mass is 9.96. The number of hydrogen-bond acceptors (Lipinski definition) is 3. The molecule has 0 aliphatic heterocycles. The van der Waals surface area contributed by atoms with Crippen LogP contribution in [-0.4, -0.2) is 14.5 Å². The number of aromatic nitrogens is 3. The van der Waals surface area contributed by atoms with E-state index in [2.05, 4.69) is 21.5 Å². The van der Waals surface area contributed by atoms with Crippen molar-refractivity contribution in [2.24, 2.45) is 18.7 Å². The molecule has 84 valence electrons. The first kappa shape index (κ1) is 9.78. The van der Waals surface area contributed by atoms with E-state index < -0.39 is 0 Å². The second kappa shape index (κ2) is 3.04. The minimum absolute atomic E-state index is 0.324. The van der Waals surface area contributed by atoms with Crippen molar-refractivity contribution in [2.75, 3.05) is 0 Å². The van der Waals surface area contributed by atoms with Crippen LogP contribution in [0.25, 0.3) is 11.2 Å². The van der Waals surface area contributed by atoms with Gasteiger partial charge in [0.25, 0.3) is 0 Å². The Kier molecular flexibility index (Phi) is 1.86. The molecule has 1 atom stereocenters. The smallest absolute Gasteiger partial charge is 0.177 e. The van der Waals surface area contributed by atoms with Crippen LogP contribution in [0.1, 0.15) is 25.6 Å². The van der Waals surface area contributed by atoms with Crippen LogP contribution in [0.2, 0.25) is 0 Å². The first-order chi connectivity index (χ1) is 7.60. The molecule has 2 heterocycles. The van der Waals surface area contributed by atoms with Gasteiger partial charge in [0.05, 0.1) is 11.1 Å². The predicted molar refractivity (Wildman–Crippen MR) is 62.8 cm³/mol. The molecular weight excluding hydrogens is 200 g/mol. The fraction of sp³-hybridized carbons (Fsp3) is 0.500. The van der Waals surface area contributed by atoms with E-state index in [1.54, 1.807) is 6.20 Å². The molecule has 1 aliphatic rings. The molecule has 1 saturated carbocycles. The summed E-state index contributed by atoms with van der Waals surface area (Å²) in [6.07, 6.45) is 4.19. The van der Waals surface area contributed by atoms with Crippen molar-refractivity contribution in [1.82, 2.24) is 14.5 Å². The van der Waals surface area contributed by atoms with E-state index in [0.717, 1.165) is 17.0 Å². The highest BCUT2D eigenvalue weighted by Crippen LogP contribution is 2.43. The number of imidazole rings is 1. The van der Waals surface area contributed by atoms with Gasteiger partial charge in [-0.2, -0.15) is 0 Å². The zero-order valence-corrected chi connectivity index (χ0v) is 9.64. The number of fused-ring (bicyclic) bond motifs is 1. The fourth-order valence-corrected chi connectivity index (χ4v) is 2.37. The highest BCUT2D eigenvalue weighted by molar-refractivity contribution is 5.71. The first-order valence-corrected chi connectivity index (χ1v) is 5.67. The largest absolute Gasteiger partial charge is 0.328 e. The second-order valence-electron chi connectivity index (χ2n) is 4.90. The molecule has 1 unspecified atom stereocenters. The maximum Gasteiger partial charge on any atom is 0.177 e. The minimum atomic E-state index is -0.324. The van der Waals surface area contributed by atoms with Crippen molar-refractivity contribution in [1.29, 1.82) is 0 Å². The zero-order chi connectivity index (χ0) is 11.3. The highest BCUT2D eigenvalue weighted by Gasteiger charge is 2.42. The maximum absolute atomic E-state index is 6.40. The third kappa shape index (κ3) is 1.26. The van der Waals surface area contributed by atoms with Gasteiger partial charge in [-0.15, -0.1) is 0 Å². The van der Waals surface area contributed by atoms with Crippen molar-refractivity contribution in [2.45, 2.75) is 25.3 Å². The van der Waals surface area contributed by atoms with Gasteiger partial charge in [0, 0.05) is 13.2 Å². The summed E-state index contributed by atoms with van der Waals surface area (Å²) < 4.78 is 2.07. The van der Waals surface area contributed by atoms with Gasteiger partial charge in [-0.3, -0.25) is 0 Å². The van der Waals surface area contributed by atoms with E-state index >= 15 is 0 Å². The first-order valence-electron chi connectivity index (χ1n) is 5.67. The Hall–Kier alpha value is -1.42. The molecule has 0 radical (unpaired) electrons. The van der Waals surface area contributed by atoms with Gasteiger partial charge in [-0.05, 0) is 37.8 Å². The Morgan fingerprint density at radius 3 is 2.88 bits per heavy atom. The van der Waals surface area contributed by atoms with Crippen molar-refractivity contribution in [3.05, 3.63) is 24.2 Å². The number of rotatable bonds is 2. The Bertz CT molecular complexity index is 537. The number of pyridine rings is 1. The average molecular weight is 216 g/mol. The highest BCUT2D eigenvalue weighted by atomic mass is 15.1. The summed E-state index contributed by atoms with van der Waals surface area (Å²) in [4.78, 5) is 8.84. The Balaban J connectivity index is 2.20. The SMILES string of the molecule is Cn1c(C(C)(N)C2CC2)nc2ncccc21. The van der Waals surface area contributed by atoms with Gasteiger partial charge in [0.15, 0.2) is 5.65 Å². The number of nitrogens with zero attached hydrogens (tertiary/aromatic N) is 3. The molecule has 0 bridgehead atoms. The molecule has 0 saturated heterocycles. The van der Waals surface area contributed by atoms with Gasteiger partial charge >= 0.3 is 0 Å². The third-order valence-electron chi connectivity index (χ3n) is 3.56. The number of hydrogen-bond donors (Lipinski definition) is 1. The van der Waals surface area contributed by atoms with Crippen molar-refractivity contribution >= 4 is 11.2 Å².